The van der Waals surface area contributed by atoms with E-state index < -0.39 is 0 Å². The fourth-order valence-corrected chi connectivity index (χ4v) is 6.19. The fourth-order valence-electron chi connectivity index (χ4n) is 5.88. The monoisotopic (exact) mass is 418 g/mol. The molecule has 3 aliphatic rings. The first-order valence-corrected chi connectivity index (χ1v) is 12.2. The molecular weight excluding hydrogens is 383 g/mol. The third-order valence-corrected chi connectivity index (χ3v) is 8.31. The fraction of sp³-hybridized carbons (Fsp3) is 0.692. The van der Waals surface area contributed by atoms with Gasteiger partial charge in [0, 0.05) is 5.56 Å². The van der Waals surface area contributed by atoms with E-state index in [-0.39, 0.29) is 16.9 Å². The van der Waals surface area contributed by atoms with E-state index in [4.69, 9.17) is 16.3 Å². The van der Waals surface area contributed by atoms with Gasteiger partial charge in [-0.2, -0.15) is 0 Å². The molecule has 0 N–H and O–H groups in total. The van der Waals surface area contributed by atoms with Crippen LogP contribution in [0.5, 0.6) is 0 Å². The molecule has 0 spiro atoms. The Labute approximate surface area is 181 Å². The highest BCUT2D eigenvalue weighted by Crippen LogP contribution is 2.43. The molecular formula is C26H36ClFO. The lowest BCUT2D eigenvalue weighted by Gasteiger charge is -2.38. The molecule has 0 amide bonds. The normalized spacial score (nSPS) is 32.1. The lowest BCUT2D eigenvalue weighted by atomic mass is 9.68. The molecule has 0 radical (unpaired) electrons. The van der Waals surface area contributed by atoms with Crippen LogP contribution in [0.3, 0.4) is 0 Å². The zero-order valence-electron chi connectivity index (χ0n) is 17.7. The largest absolute Gasteiger partial charge is 0.368 e. The molecule has 2 saturated carbocycles. The summed E-state index contributed by atoms with van der Waals surface area (Å²) in [5.74, 6) is 3.38. The van der Waals surface area contributed by atoms with Gasteiger partial charge in [-0.1, -0.05) is 55.5 Å². The van der Waals surface area contributed by atoms with E-state index in [0.717, 1.165) is 47.6 Å². The second-order valence-corrected chi connectivity index (χ2v) is 10.1. The SMILES string of the molecule is C=CCCC1CCC(C2CCC(CCc3ccc(C4CO4)c(Cl)c3F)CC2)CC1. The minimum Gasteiger partial charge on any atom is -0.368 e. The molecule has 29 heavy (non-hydrogen) atoms. The van der Waals surface area contributed by atoms with E-state index in [1.54, 1.807) is 0 Å². The third kappa shape index (κ3) is 5.44. The van der Waals surface area contributed by atoms with Crippen LogP contribution in [0.2, 0.25) is 5.02 Å². The van der Waals surface area contributed by atoms with Crippen molar-refractivity contribution in [3.8, 4) is 0 Å². The topological polar surface area (TPSA) is 12.5 Å². The van der Waals surface area contributed by atoms with Gasteiger partial charge >= 0.3 is 0 Å². The summed E-state index contributed by atoms with van der Waals surface area (Å²) in [6, 6.07) is 3.88. The smallest absolute Gasteiger partial charge is 0.145 e. The minimum atomic E-state index is -0.221. The van der Waals surface area contributed by atoms with Crippen molar-refractivity contribution in [3.05, 3.63) is 46.8 Å². The zero-order chi connectivity index (χ0) is 20.2. The first-order chi connectivity index (χ1) is 14.2. The standard InChI is InChI=1S/C26H36ClFO/c1-2-3-4-18-5-10-20(11-6-18)21-12-7-19(8-13-21)9-14-22-15-16-23(24-17-29-24)25(27)26(22)28/h2,15-16,18-21,24H,1,3-14,17H2. The Bertz CT molecular complexity index is 682. The zero-order valence-corrected chi connectivity index (χ0v) is 18.4. The molecule has 0 aromatic heterocycles. The molecule has 2 aliphatic carbocycles. The maximum absolute atomic E-state index is 14.6. The maximum atomic E-state index is 14.6. The van der Waals surface area contributed by atoms with Crippen molar-refractivity contribution in [2.75, 3.05) is 6.61 Å². The van der Waals surface area contributed by atoms with Gasteiger partial charge in [0.25, 0.3) is 0 Å². The highest BCUT2D eigenvalue weighted by atomic mass is 35.5. The average Bonchev–Trinajstić information content (AvgIpc) is 3.59. The van der Waals surface area contributed by atoms with E-state index >= 15 is 0 Å². The molecule has 0 bridgehead atoms. The van der Waals surface area contributed by atoms with E-state index in [0.29, 0.717) is 6.61 Å². The summed E-state index contributed by atoms with van der Waals surface area (Å²) in [5.41, 5.74) is 1.59. The van der Waals surface area contributed by atoms with Crippen LogP contribution in [0.25, 0.3) is 0 Å². The highest BCUT2D eigenvalue weighted by molar-refractivity contribution is 6.31. The predicted octanol–water partition coefficient (Wildman–Crippen LogP) is 8.06. The van der Waals surface area contributed by atoms with Crippen molar-refractivity contribution in [1.82, 2.24) is 0 Å². The number of hydrogen-bond acceptors (Lipinski definition) is 1. The summed E-state index contributed by atoms with van der Waals surface area (Å²) < 4.78 is 19.9. The second kappa shape index (κ2) is 9.96. The summed E-state index contributed by atoms with van der Waals surface area (Å²) in [6.07, 6.45) is 17.7. The van der Waals surface area contributed by atoms with E-state index in [2.05, 4.69) is 12.7 Å². The van der Waals surface area contributed by atoms with E-state index in [1.165, 1.54) is 64.2 Å². The maximum Gasteiger partial charge on any atom is 0.145 e. The molecule has 1 heterocycles. The number of hydrogen-bond donors (Lipinski definition) is 0. The van der Waals surface area contributed by atoms with Crippen LogP contribution < -0.4 is 0 Å². The first kappa shape index (κ1) is 21.4. The predicted molar refractivity (Wildman–Crippen MR) is 119 cm³/mol. The Hall–Kier alpha value is -0.860. The summed E-state index contributed by atoms with van der Waals surface area (Å²) in [7, 11) is 0. The Morgan fingerprint density at radius 1 is 0.966 bits per heavy atom. The number of allylic oxidation sites excluding steroid dienone is 1. The Kier molecular flexibility index (Phi) is 7.34. The molecule has 1 aromatic carbocycles. The quantitative estimate of drug-likeness (QED) is 0.307. The molecule has 1 nitrogen and oxygen atoms in total. The summed E-state index contributed by atoms with van der Waals surface area (Å²) in [5, 5.41) is 0.275. The molecule has 4 rings (SSSR count). The average molecular weight is 419 g/mol. The van der Waals surface area contributed by atoms with Crippen LogP contribution >= 0.6 is 11.6 Å². The molecule has 3 fully saturated rings. The molecule has 1 aromatic rings. The van der Waals surface area contributed by atoms with Gasteiger partial charge < -0.3 is 4.74 Å². The molecule has 160 valence electrons. The third-order valence-electron chi connectivity index (χ3n) is 7.92. The van der Waals surface area contributed by atoms with Gasteiger partial charge in [-0.3, -0.25) is 0 Å². The lowest BCUT2D eigenvalue weighted by Crippen LogP contribution is -2.26. The highest BCUT2D eigenvalue weighted by Gasteiger charge is 2.31. The lowest BCUT2D eigenvalue weighted by molar-refractivity contribution is 0.141. The van der Waals surface area contributed by atoms with Crippen molar-refractivity contribution in [2.45, 2.75) is 83.2 Å². The van der Waals surface area contributed by atoms with Crippen molar-refractivity contribution in [2.24, 2.45) is 23.7 Å². The molecule has 3 heteroatoms. The van der Waals surface area contributed by atoms with Gasteiger partial charge in [0.05, 0.1) is 11.6 Å². The van der Waals surface area contributed by atoms with Crippen molar-refractivity contribution < 1.29 is 9.13 Å². The number of epoxide rings is 1. The van der Waals surface area contributed by atoms with E-state index in [1.807, 2.05) is 12.1 Å². The van der Waals surface area contributed by atoms with Crippen LogP contribution in [0.15, 0.2) is 24.8 Å². The summed E-state index contributed by atoms with van der Waals surface area (Å²) in [4.78, 5) is 0. The Morgan fingerprint density at radius 3 is 2.10 bits per heavy atom. The van der Waals surface area contributed by atoms with Gasteiger partial charge in [-0.05, 0) is 80.6 Å². The van der Waals surface area contributed by atoms with Crippen LogP contribution in [-0.2, 0) is 11.2 Å². The Balaban J connectivity index is 1.20. The van der Waals surface area contributed by atoms with Crippen molar-refractivity contribution in [1.29, 1.82) is 0 Å². The van der Waals surface area contributed by atoms with Gasteiger partial charge in [-0.15, -0.1) is 6.58 Å². The number of ether oxygens (including phenoxy) is 1. The van der Waals surface area contributed by atoms with Crippen LogP contribution in [0.1, 0.15) is 87.9 Å². The Morgan fingerprint density at radius 2 is 1.55 bits per heavy atom. The number of benzene rings is 1. The van der Waals surface area contributed by atoms with Crippen LogP contribution in [0.4, 0.5) is 4.39 Å². The van der Waals surface area contributed by atoms with Crippen molar-refractivity contribution >= 4 is 11.6 Å². The minimum absolute atomic E-state index is 0.0124. The summed E-state index contributed by atoms with van der Waals surface area (Å²) >= 11 is 6.24. The molecule has 1 atom stereocenters. The van der Waals surface area contributed by atoms with Crippen LogP contribution in [0, 0.1) is 29.5 Å². The van der Waals surface area contributed by atoms with Gasteiger partial charge in [0.1, 0.15) is 11.9 Å². The van der Waals surface area contributed by atoms with Gasteiger partial charge in [-0.25, -0.2) is 4.39 Å². The first-order valence-electron chi connectivity index (χ1n) is 11.8. The molecule has 1 saturated heterocycles. The molecule has 1 unspecified atom stereocenters. The van der Waals surface area contributed by atoms with Crippen molar-refractivity contribution in [3.63, 3.8) is 0 Å². The van der Waals surface area contributed by atoms with E-state index in [9.17, 15) is 4.39 Å². The molecule has 1 aliphatic heterocycles. The van der Waals surface area contributed by atoms with Gasteiger partial charge in [0.2, 0.25) is 0 Å². The van der Waals surface area contributed by atoms with Gasteiger partial charge in [0.15, 0.2) is 0 Å². The summed E-state index contributed by atoms with van der Waals surface area (Å²) in [6.45, 7) is 4.53. The second-order valence-electron chi connectivity index (χ2n) is 9.73. The number of aryl methyl sites for hydroxylation is 1. The number of halogens is 2. The number of rotatable bonds is 8. The van der Waals surface area contributed by atoms with Crippen LogP contribution in [-0.4, -0.2) is 6.61 Å².